The minimum atomic E-state index is -3.42. The highest BCUT2D eigenvalue weighted by Crippen LogP contribution is 2.23. The SMILES string of the molecule is CCc1cc(CC)c(S(C)(=O)=O)cc1C(=O)N=C(N)N. The number of carbonyl (C=O) groups is 1. The van der Waals surface area contributed by atoms with E-state index in [1.165, 1.54) is 6.07 Å². The summed E-state index contributed by atoms with van der Waals surface area (Å²) < 4.78 is 23.6. The first kappa shape index (κ1) is 16.2. The smallest absolute Gasteiger partial charge is 0.280 e. The Hall–Kier alpha value is -1.89. The second-order valence-electron chi connectivity index (χ2n) is 4.44. The van der Waals surface area contributed by atoms with E-state index in [2.05, 4.69) is 4.99 Å². The highest BCUT2D eigenvalue weighted by atomic mass is 32.2. The first-order chi connectivity index (χ1) is 9.20. The summed E-state index contributed by atoms with van der Waals surface area (Å²) in [4.78, 5) is 15.6. The predicted molar refractivity (Wildman–Crippen MR) is 78.4 cm³/mol. The van der Waals surface area contributed by atoms with Gasteiger partial charge in [0.1, 0.15) is 0 Å². The molecule has 0 aliphatic rings. The predicted octanol–water partition coefficient (Wildman–Crippen LogP) is 0.629. The maximum Gasteiger partial charge on any atom is 0.280 e. The monoisotopic (exact) mass is 297 g/mol. The number of aryl methyl sites for hydroxylation is 2. The molecule has 1 aromatic carbocycles. The van der Waals surface area contributed by atoms with Crippen LogP contribution in [0.5, 0.6) is 0 Å². The Balaban J connectivity index is 3.60. The molecule has 0 aliphatic carbocycles. The van der Waals surface area contributed by atoms with Crippen LogP contribution in [0.4, 0.5) is 0 Å². The van der Waals surface area contributed by atoms with E-state index in [1.54, 1.807) is 6.07 Å². The minimum Gasteiger partial charge on any atom is -0.370 e. The quantitative estimate of drug-likeness (QED) is 0.624. The molecule has 1 amide bonds. The van der Waals surface area contributed by atoms with Crippen LogP contribution in [0.25, 0.3) is 0 Å². The van der Waals surface area contributed by atoms with E-state index in [9.17, 15) is 13.2 Å². The van der Waals surface area contributed by atoms with Gasteiger partial charge in [0, 0.05) is 11.8 Å². The third kappa shape index (κ3) is 3.57. The first-order valence-electron chi connectivity index (χ1n) is 6.20. The number of aliphatic imine (C=N–C) groups is 1. The fourth-order valence-electron chi connectivity index (χ4n) is 1.97. The van der Waals surface area contributed by atoms with Crippen LogP contribution < -0.4 is 11.5 Å². The van der Waals surface area contributed by atoms with Gasteiger partial charge in [0.25, 0.3) is 5.91 Å². The Labute approximate surface area is 118 Å². The van der Waals surface area contributed by atoms with Crippen LogP contribution in [0, 0.1) is 0 Å². The van der Waals surface area contributed by atoms with Crippen LogP contribution >= 0.6 is 0 Å². The van der Waals surface area contributed by atoms with Crippen molar-refractivity contribution in [3.05, 3.63) is 28.8 Å². The average Bonchev–Trinajstić information content (AvgIpc) is 2.34. The van der Waals surface area contributed by atoms with Crippen LogP contribution in [0.2, 0.25) is 0 Å². The molecular formula is C13H19N3O3S. The van der Waals surface area contributed by atoms with Crippen molar-refractivity contribution in [2.45, 2.75) is 31.6 Å². The van der Waals surface area contributed by atoms with Crippen molar-refractivity contribution >= 4 is 21.7 Å². The molecule has 0 saturated heterocycles. The van der Waals surface area contributed by atoms with Gasteiger partial charge in [-0.15, -0.1) is 0 Å². The molecule has 0 aliphatic heterocycles. The fraction of sp³-hybridized carbons (Fsp3) is 0.385. The molecule has 20 heavy (non-hydrogen) atoms. The van der Waals surface area contributed by atoms with E-state index >= 15 is 0 Å². The van der Waals surface area contributed by atoms with E-state index in [-0.39, 0.29) is 16.4 Å². The molecule has 0 atom stereocenters. The Morgan fingerprint density at radius 2 is 1.70 bits per heavy atom. The van der Waals surface area contributed by atoms with Gasteiger partial charge in [-0.1, -0.05) is 19.9 Å². The maximum atomic E-state index is 12.0. The van der Waals surface area contributed by atoms with Crippen LogP contribution in [-0.2, 0) is 22.7 Å². The number of hydrogen-bond acceptors (Lipinski definition) is 3. The van der Waals surface area contributed by atoms with Gasteiger partial charge in [-0.3, -0.25) is 4.79 Å². The zero-order valence-electron chi connectivity index (χ0n) is 11.8. The van der Waals surface area contributed by atoms with Gasteiger partial charge in [-0.2, -0.15) is 4.99 Å². The molecule has 110 valence electrons. The Bertz CT molecular complexity index is 660. The molecule has 0 aromatic heterocycles. The largest absolute Gasteiger partial charge is 0.370 e. The molecule has 0 fully saturated rings. The van der Waals surface area contributed by atoms with Crippen molar-refractivity contribution in [1.29, 1.82) is 0 Å². The number of hydrogen-bond donors (Lipinski definition) is 2. The summed E-state index contributed by atoms with van der Waals surface area (Å²) in [6.45, 7) is 3.74. The molecular weight excluding hydrogens is 278 g/mol. The van der Waals surface area contributed by atoms with Crippen LogP contribution in [-0.4, -0.2) is 26.5 Å². The van der Waals surface area contributed by atoms with E-state index in [0.717, 1.165) is 11.8 Å². The van der Waals surface area contributed by atoms with Gasteiger partial charge in [0.05, 0.1) is 4.90 Å². The Kier molecular flexibility index (Phi) is 4.88. The first-order valence-corrected chi connectivity index (χ1v) is 8.09. The fourth-order valence-corrected chi connectivity index (χ4v) is 2.98. The molecule has 1 rings (SSSR count). The summed E-state index contributed by atoms with van der Waals surface area (Å²) >= 11 is 0. The van der Waals surface area contributed by atoms with Crippen molar-refractivity contribution in [1.82, 2.24) is 0 Å². The lowest BCUT2D eigenvalue weighted by molar-refractivity contribution is 0.100. The van der Waals surface area contributed by atoms with Gasteiger partial charge >= 0.3 is 0 Å². The van der Waals surface area contributed by atoms with E-state index in [0.29, 0.717) is 18.4 Å². The summed E-state index contributed by atoms with van der Waals surface area (Å²) in [5.74, 6) is -0.980. The van der Waals surface area contributed by atoms with Gasteiger partial charge in [0.2, 0.25) is 0 Å². The number of sulfone groups is 1. The minimum absolute atomic E-state index is 0.145. The summed E-state index contributed by atoms with van der Waals surface area (Å²) in [5.41, 5.74) is 12.0. The second-order valence-corrected chi connectivity index (χ2v) is 6.42. The van der Waals surface area contributed by atoms with Crippen molar-refractivity contribution in [2.75, 3.05) is 6.26 Å². The Morgan fingerprint density at radius 3 is 2.10 bits per heavy atom. The van der Waals surface area contributed by atoms with E-state index in [1.807, 2.05) is 13.8 Å². The molecule has 0 saturated carbocycles. The van der Waals surface area contributed by atoms with Gasteiger partial charge in [0.15, 0.2) is 15.8 Å². The zero-order valence-corrected chi connectivity index (χ0v) is 12.6. The number of amides is 1. The summed E-state index contributed by atoms with van der Waals surface area (Å²) in [5, 5.41) is 0. The van der Waals surface area contributed by atoms with E-state index < -0.39 is 15.7 Å². The number of benzene rings is 1. The third-order valence-corrected chi connectivity index (χ3v) is 4.09. The van der Waals surface area contributed by atoms with Crippen LogP contribution in [0.15, 0.2) is 22.0 Å². The standard InChI is InChI=1S/C13H19N3O3S/c1-4-8-6-9(5-2)11(20(3,18)19)7-10(8)12(17)16-13(14)15/h6-7H,4-5H2,1-3H3,(H4,14,15,16,17). The highest BCUT2D eigenvalue weighted by Gasteiger charge is 2.19. The van der Waals surface area contributed by atoms with Crippen molar-refractivity contribution < 1.29 is 13.2 Å². The lowest BCUT2D eigenvalue weighted by Crippen LogP contribution is -2.24. The highest BCUT2D eigenvalue weighted by molar-refractivity contribution is 7.90. The number of nitrogens with two attached hydrogens (primary N) is 2. The van der Waals surface area contributed by atoms with Crippen LogP contribution in [0.1, 0.15) is 35.3 Å². The third-order valence-electron chi connectivity index (χ3n) is 2.91. The molecule has 1 aromatic rings. The van der Waals surface area contributed by atoms with Gasteiger partial charge in [-0.25, -0.2) is 8.42 Å². The number of carbonyl (C=O) groups excluding carboxylic acids is 1. The number of rotatable bonds is 4. The van der Waals surface area contributed by atoms with Crippen molar-refractivity contribution in [3.8, 4) is 0 Å². The lowest BCUT2D eigenvalue weighted by atomic mass is 10.00. The van der Waals surface area contributed by atoms with Crippen LogP contribution in [0.3, 0.4) is 0 Å². The van der Waals surface area contributed by atoms with Gasteiger partial charge < -0.3 is 11.5 Å². The zero-order chi connectivity index (χ0) is 15.5. The molecule has 0 unspecified atom stereocenters. The number of guanidine groups is 1. The average molecular weight is 297 g/mol. The molecule has 0 heterocycles. The Morgan fingerprint density at radius 1 is 1.15 bits per heavy atom. The topological polar surface area (TPSA) is 116 Å². The summed E-state index contributed by atoms with van der Waals surface area (Å²) in [6, 6.07) is 3.09. The maximum absolute atomic E-state index is 12.0. The van der Waals surface area contributed by atoms with Crippen molar-refractivity contribution in [2.24, 2.45) is 16.5 Å². The van der Waals surface area contributed by atoms with Gasteiger partial charge in [-0.05, 0) is 30.0 Å². The molecule has 0 spiro atoms. The molecule has 0 radical (unpaired) electrons. The number of nitrogens with zero attached hydrogens (tertiary/aromatic N) is 1. The normalized spacial score (nSPS) is 11.2. The lowest BCUT2D eigenvalue weighted by Gasteiger charge is -2.12. The summed E-state index contributed by atoms with van der Waals surface area (Å²) in [6.07, 6.45) is 2.26. The van der Waals surface area contributed by atoms with E-state index in [4.69, 9.17) is 11.5 Å². The second kappa shape index (κ2) is 6.04. The molecule has 4 N–H and O–H groups in total. The summed E-state index contributed by atoms with van der Waals surface area (Å²) in [7, 11) is -3.42. The molecule has 7 heteroatoms. The van der Waals surface area contributed by atoms with Crippen molar-refractivity contribution in [3.63, 3.8) is 0 Å². The molecule has 6 nitrogen and oxygen atoms in total. The molecule has 0 bridgehead atoms.